The summed E-state index contributed by atoms with van der Waals surface area (Å²) in [5.41, 5.74) is 3.12. The monoisotopic (exact) mass is 440 g/mol. The third-order valence-corrected chi connectivity index (χ3v) is 11.7. The second-order valence-corrected chi connectivity index (χ2v) is 15.3. The summed E-state index contributed by atoms with van der Waals surface area (Å²) in [6.45, 7) is 22.3. The summed E-state index contributed by atoms with van der Waals surface area (Å²) in [5.74, 6) is 2.86. The highest BCUT2D eigenvalue weighted by Crippen LogP contribution is 2.73. The van der Waals surface area contributed by atoms with E-state index in [1.807, 2.05) is 0 Å². The molecule has 0 spiro atoms. The molecule has 1 unspecified atom stereocenters. The predicted octanol–water partition coefficient (Wildman–Crippen LogP) is 9.01. The molecule has 0 amide bonds. The number of ketones is 1. The average molecular weight is 441 g/mol. The highest BCUT2D eigenvalue weighted by Gasteiger charge is 2.65. The molecule has 4 rings (SSSR count). The van der Waals surface area contributed by atoms with Crippen LogP contribution in [0.4, 0.5) is 0 Å². The summed E-state index contributed by atoms with van der Waals surface area (Å²) in [6, 6.07) is 0. The van der Waals surface area contributed by atoms with Crippen LogP contribution in [0.25, 0.3) is 0 Å². The van der Waals surface area contributed by atoms with Crippen molar-refractivity contribution in [2.24, 2.45) is 50.7 Å². The van der Waals surface area contributed by atoms with Gasteiger partial charge in [-0.3, -0.25) is 4.79 Å². The Balaban J connectivity index is 1.63. The van der Waals surface area contributed by atoms with Gasteiger partial charge in [0.2, 0.25) is 0 Å². The Labute approximate surface area is 199 Å². The summed E-state index contributed by atoms with van der Waals surface area (Å²) in [6.07, 6.45) is 15.1. The molecule has 4 aliphatic carbocycles. The Hall–Kier alpha value is -0.590. The van der Waals surface area contributed by atoms with Crippen molar-refractivity contribution in [2.75, 3.05) is 0 Å². The molecule has 4 aliphatic rings. The fourth-order valence-electron chi connectivity index (χ4n) is 9.41. The van der Waals surface area contributed by atoms with Crippen LogP contribution < -0.4 is 0 Å². The van der Waals surface area contributed by atoms with Crippen molar-refractivity contribution in [2.45, 2.75) is 127 Å². The molecule has 182 valence electrons. The first-order valence-corrected chi connectivity index (χ1v) is 13.9. The van der Waals surface area contributed by atoms with Gasteiger partial charge in [-0.1, -0.05) is 80.7 Å². The lowest BCUT2D eigenvalue weighted by Gasteiger charge is -2.61. The van der Waals surface area contributed by atoms with E-state index in [0.29, 0.717) is 33.9 Å². The van der Waals surface area contributed by atoms with E-state index in [4.69, 9.17) is 0 Å². The van der Waals surface area contributed by atoms with E-state index in [9.17, 15) is 4.79 Å². The topological polar surface area (TPSA) is 17.1 Å². The normalized spacial score (nSPS) is 44.5. The minimum atomic E-state index is 0.203. The molecular weight excluding hydrogens is 388 g/mol. The van der Waals surface area contributed by atoms with Crippen molar-refractivity contribution in [1.29, 1.82) is 0 Å². The van der Waals surface area contributed by atoms with Crippen LogP contribution in [0.3, 0.4) is 0 Å². The highest BCUT2D eigenvalue weighted by molar-refractivity contribution is 5.94. The zero-order chi connectivity index (χ0) is 23.7. The summed E-state index contributed by atoms with van der Waals surface area (Å²) < 4.78 is 0. The maximum absolute atomic E-state index is 13.5. The Morgan fingerprint density at radius 2 is 1.59 bits per heavy atom. The molecule has 0 radical (unpaired) electrons. The zero-order valence-electron chi connectivity index (χ0n) is 22.9. The molecule has 32 heavy (non-hydrogen) atoms. The average Bonchev–Trinajstić information content (AvgIpc) is 2.95. The number of carbonyl (C=O) groups excluding carboxylic acids is 1. The van der Waals surface area contributed by atoms with Crippen LogP contribution in [0.2, 0.25) is 0 Å². The van der Waals surface area contributed by atoms with Crippen LogP contribution in [0, 0.1) is 50.7 Å². The van der Waals surface area contributed by atoms with Gasteiger partial charge in [0, 0.05) is 5.92 Å². The third-order valence-electron chi connectivity index (χ3n) is 11.7. The molecule has 3 fully saturated rings. The number of carbonyl (C=O) groups is 1. The lowest BCUT2D eigenvalue weighted by molar-refractivity contribution is -0.132. The van der Waals surface area contributed by atoms with Crippen molar-refractivity contribution < 1.29 is 4.79 Å². The molecule has 7 atom stereocenters. The first kappa shape index (κ1) is 24.5. The first-order chi connectivity index (χ1) is 14.6. The van der Waals surface area contributed by atoms with Gasteiger partial charge in [-0.25, -0.2) is 0 Å². The SMILES string of the molecule is C[C@H]1CC[C@]2(C)C3CC[C@]4(C)[C@@H](C(C)(C)CCCC(C)(C)C)CC[C@@]4(C)C3=CC(=O)[C@@H]2C1. The molecule has 3 saturated carbocycles. The van der Waals surface area contributed by atoms with E-state index in [1.54, 1.807) is 5.57 Å². The van der Waals surface area contributed by atoms with Crippen LogP contribution in [-0.4, -0.2) is 5.78 Å². The Bertz CT molecular complexity index is 781. The van der Waals surface area contributed by atoms with Gasteiger partial charge in [-0.05, 0) is 102 Å². The van der Waals surface area contributed by atoms with Crippen molar-refractivity contribution >= 4 is 5.78 Å². The van der Waals surface area contributed by atoms with Crippen LogP contribution in [0.5, 0.6) is 0 Å². The van der Waals surface area contributed by atoms with Gasteiger partial charge in [0.1, 0.15) is 0 Å². The van der Waals surface area contributed by atoms with Crippen molar-refractivity contribution in [3.05, 3.63) is 11.6 Å². The largest absolute Gasteiger partial charge is 0.295 e. The van der Waals surface area contributed by atoms with Crippen LogP contribution in [0.1, 0.15) is 127 Å². The molecular formula is C31H52O. The van der Waals surface area contributed by atoms with Gasteiger partial charge in [0.25, 0.3) is 0 Å². The smallest absolute Gasteiger partial charge is 0.159 e. The Morgan fingerprint density at radius 3 is 2.25 bits per heavy atom. The summed E-state index contributed by atoms with van der Waals surface area (Å²) in [7, 11) is 0. The summed E-state index contributed by atoms with van der Waals surface area (Å²) in [4.78, 5) is 13.5. The van der Waals surface area contributed by atoms with Gasteiger partial charge in [0.05, 0.1) is 0 Å². The number of fused-ring (bicyclic) bond motifs is 5. The van der Waals surface area contributed by atoms with Crippen molar-refractivity contribution in [1.82, 2.24) is 0 Å². The van der Waals surface area contributed by atoms with Gasteiger partial charge in [-0.2, -0.15) is 0 Å². The van der Waals surface area contributed by atoms with E-state index < -0.39 is 0 Å². The van der Waals surface area contributed by atoms with E-state index in [2.05, 4.69) is 68.4 Å². The second-order valence-electron chi connectivity index (χ2n) is 15.3. The third kappa shape index (κ3) is 3.67. The van der Waals surface area contributed by atoms with Crippen molar-refractivity contribution in [3.8, 4) is 0 Å². The fraction of sp³-hybridized carbons (Fsp3) is 0.903. The minimum Gasteiger partial charge on any atom is -0.295 e. The van der Waals surface area contributed by atoms with Crippen LogP contribution in [-0.2, 0) is 4.79 Å². The maximum atomic E-state index is 13.5. The second kappa shape index (κ2) is 7.71. The van der Waals surface area contributed by atoms with Crippen molar-refractivity contribution in [3.63, 3.8) is 0 Å². The zero-order valence-corrected chi connectivity index (χ0v) is 22.9. The van der Waals surface area contributed by atoms with Crippen LogP contribution >= 0.6 is 0 Å². The molecule has 0 N–H and O–H groups in total. The lowest BCUT2D eigenvalue weighted by atomic mass is 9.42. The lowest BCUT2D eigenvalue weighted by Crippen LogP contribution is -2.55. The van der Waals surface area contributed by atoms with E-state index in [-0.39, 0.29) is 16.7 Å². The molecule has 0 aliphatic heterocycles. The van der Waals surface area contributed by atoms with Gasteiger partial charge >= 0.3 is 0 Å². The van der Waals surface area contributed by atoms with E-state index in [0.717, 1.165) is 12.3 Å². The molecule has 0 aromatic carbocycles. The van der Waals surface area contributed by atoms with Gasteiger partial charge in [0.15, 0.2) is 5.78 Å². The number of hydrogen-bond acceptors (Lipinski definition) is 1. The minimum absolute atomic E-state index is 0.203. The summed E-state index contributed by atoms with van der Waals surface area (Å²) in [5, 5.41) is 0. The highest BCUT2D eigenvalue weighted by atomic mass is 16.1. The number of hydrogen-bond donors (Lipinski definition) is 0. The first-order valence-electron chi connectivity index (χ1n) is 13.9. The molecule has 1 nitrogen and oxygen atoms in total. The number of allylic oxidation sites excluding steroid dienone is 2. The molecule has 0 saturated heterocycles. The Morgan fingerprint density at radius 1 is 0.906 bits per heavy atom. The molecule has 0 bridgehead atoms. The predicted molar refractivity (Wildman–Crippen MR) is 136 cm³/mol. The molecule has 1 heteroatoms. The quantitative estimate of drug-likeness (QED) is 0.426. The molecule has 0 heterocycles. The van der Waals surface area contributed by atoms with Crippen LogP contribution in [0.15, 0.2) is 11.6 Å². The van der Waals surface area contributed by atoms with E-state index in [1.165, 1.54) is 57.8 Å². The van der Waals surface area contributed by atoms with Gasteiger partial charge in [-0.15, -0.1) is 0 Å². The summed E-state index contributed by atoms with van der Waals surface area (Å²) >= 11 is 0. The molecule has 0 aromatic rings. The van der Waals surface area contributed by atoms with Gasteiger partial charge < -0.3 is 0 Å². The fourth-order valence-corrected chi connectivity index (χ4v) is 9.41. The van der Waals surface area contributed by atoms with E-state index >= 15 is 0 Å². The maximum Gasteiger partial charge on any atom is 0.159 e. The number of rotatable bonds is 4. The Kier molecular flexibility index (Phi) is 5.91. The standard InChI is InChI=1S/C31H52O/c1-21-11-16-29(7)22-12-17-31(9)26(28(5,6)15-10-14-27(2,3)4)13-18-30(31,8)23(22)20-25(32)24(29)19-21/h20-22,24,26H,10-19H2,1-9H3/t21-,22?,24-,26+,29+,30-,31+/m0/s1. The molecule has 0 aromatic heterocycles.